The predicted molar refractivity (Wildman–Crippen MR) is 71.3 cm³/mol. The van der Waals surface area contributed by atoms with E-state index in [1.54, 1.807) is 12.3 Å². The van der Waals surface area contributed by atoms with Crippen molar-refractivity contribution in [3.8, 4) is 0 Å². The van der Waals surface area contributed by atoms with E-state index in [0.717, 1.165) is 11.3 Å². The number of carboxylic acids is 1. The summed E-state index contributed by atoms with van der Waals surface area (Å²) in [5, 5.41) is 8.72. The summed E-state index contributed by atoms with van der Waals surface area (Å²) < 4.78 is 0. The second-order valence-electron chi connectivity index (χ2n) is 4.45. The maximum absolute atomic E-state index is 12.0. The monoisotopic (exact) mass is 262 g/mol. The second-order valence-corrected chi connectivity index (χ2v) is 4.45. The molecule has 0 aliphatic heterocycles. The average Bonchev–Trinajstić information content (AvgIpc) is 2.34. The fraction of sp³-hybridized carbons (Fsp3) is 0.357. The molecule has 1 aromatic rings. The molecule has 0 bridgehead atoms. The number of carbonyl (C=O) groups excluding carboxylic acids is 1. The van der Waals surface area contributed by atoms with Crippen molar-refractivity contribution in [2.45, 2.75) is 26.8 Å². The van der Waals surface area contributed by atoms with Crippen LogP contribution in [-0.4, -0.2) is 33.4 Å². The van der Waals surface area contributed by atoms with Crippen LogP contribution in [0.2, 0.25) is 0 Å². The molecule has 1 heterocycles. The summed E-state index contributed by atoms with van der Waals surface area (Å²) in [5.74, 6) is -1.11. The molecule has 1 aromatic heterocycles. The third-order valence-electron chi connectivity index (χ3n) is 2.40. The van der Waals surface area contributed by atoms with Crippen molar-refractivity contribution in [1.29, 1.82) is 0 Å². The first-order chi connectivity index (χ1) is 8.99. The third-order valence-corrected chi connectivity index (χ3v) is 2.40. The molecular formula is C14H18N2O3. The van der Waals surface area contributed by atoms with Gasteiger partial charge in [0.15, 0.2) is 0 Å². The molecule has 0 radical (unpaired) electrons. The van der Waals surface area contributed by atoms with Gasteiger partial charge in [-0.2, -0.15) is 0 Å². The summed E-state index contributed by atoms with van der Waals surface area (Å²) in [6.45, 7) is 4.15. The Morgan fingerprint density at radius 1 is 1.37 bits per heavy atom. The Morgan fingerprint density at radius 3 is 2.63 bits per heavy atom. The minimum atomic E-state index is -0.920. The summed E-state index contributed by atoms with van der Waals surface area (Å²) in [4.78, 5) is 28.3. The highest BCUT2D eigenvalue weighted by Gasteiger charge is 2.13. The van der Waals surface area contributed by atoms with Crippen LogP contribution < -0.4 is 0 Å². The zero-order valence-electron chi connectivity index (χ0n) is 11.2. The van der Waals surface area contributed by atoms with Crippen molar-refractivity contribution < 1.29 is 14.7 Å². The average molecular weight is 262 g/mol. The number of amides is 1. The van der Waals surface area contributed by atoms with Crippen LogP contribution in [0.5, 0.6) is 0 Å². The maximum atomic E-state index is 12.0. The number of hydrogen-bond donors (Lipinski definition) is 1. The molecule has 0 saturated heterocycles. The normalized spacial score (nSPS) is 9.79. The van der Waals surface area contributed by atoms with Crippen molar-refractivity contribution in [3.63, 3.8) is 0 Å². The van der Waals surface area contributed by atoms with Gasteiger partial charge in [-0.3, -0.25) is 14.6 Å². The molecule has 0 fully saturated rings. The number of allylic oxidation sites excluding steroid dienone is 1. The SMILES string of the molecule is CC(C)=CC(=O)N(CCC(=O)O)Cc1ccccn1. The molecule has 0 aliphatic rings. The molecule has 19 heavy (non-hydrogen) atoms. The Labute approximate surface area is 112 Å². The van der Waals surface area contributed by atoms with Crippen LogP contribution in [0, 0.1) is 0 Å². The molecule has 1 rings (SSSR count). The van der Waals surface area contributed by atoms with E-state index in [9.17, 15) is 9.59 Å². The van der Waals surface area contributed by atoms with Crippen LogP contribution in [0.25, 0.3) is 0 Å². The number of pyridine rings is 1. The maximum Gasteiger partial charge on any atom is 0.305 e. The number of aliphatic carboxylic acids is 1. The van der Waals surface area contributed by atoms with Gasteiger partial charge in [0.1, 0.15) is 0 Å². The molecule has 0 aromatic carbocycles. The number of carbonyl (C=O) groups is 2. The molecule has 1 N–H and O–H groups in total. The van der Waals surface area contributed by atoms with Crippen LogP contribution in [0.1, 0.15) is 26.0 Å². The highest BCUT2D eigenvalue weighted by molar-refractivity contribution is 5.88. The first-order valence-electron chi connectivity index (χ1n) is 6.04. The van der Waals surface area contributed by atoms with Gasteiger partial charge in [-0.15, -0.1) is 0 Å². The van der Waals surface area contributed by atoms with E-state index in [0.29, 0.717) is 6.54 Å². The highest BCUT2D eigenvalue weighted by Crippen LogP contribution is 2.05. The summed E-state index contributed by atoms with van der Waals surface area (Å²) in [6.07, 6.45) is 3.08. The zero-order chi connectivity index (χ0) is 14.3. The van der Waals surface area contributed by atoms with Gasteiger partial charge >= 0.3 is 5.97 Å². The van der Waals surface area contributed by atoms with Gasteiger partial charge in [0.2, 0.25) is 5.91 Å². The molecule has 0 unspecified atom stereocenters. The van der Waals surface area contributed by atoms with E-state index in [4.69, 9.17) is 5.11 Å². The van der Waals surface area contributed by atoms with E-state index in [1.165, 1.54) is 11.0 Å². The number of nitrogens with zero attached hydrogens (tertiary/aromatic N) is 2. The molecule has 0 saturated carbocycles. The van der Waals surface area contributed by atoms with Crippen LogP contribution in [0.3, 0.4) is 0 Å². The fourth-order valence-corrected chi connectivity index (χ4v) is 1.52. The van der Waals surface area contributed by atoms with Crippen molar-refractivity contribution in [1.82, 2.24) is 9.88 Å². The van der Waals surface area contributed by atoms with Gasteiger partial charge < -0.3 is 10.0 Å². The topological polar surface area (TPSA) is 70.5 Å². The quantitative estimate of drug-likeness (QED) is 0.794. The van der Waals surface area contributed by atoms with E-state index < -0.39 is 5.97 Å². The van der Waals surface area contributed by atoms with Crippen LogP contribution >= 0.6 is 0 Å². The Balaban J connectivity index is 2.77. The Kier molecular flexibility index (Phi) is 5.73. The number of hydrogen-bond acceptors (Lipinski definition) is 3. The minimum absolute atomic E-state index is 0.0742. The Hall–Kier alpha value is -2.17. The molecule has 1 amide bonds. The molecule has 5 nitrogen and oxygen atoms in total. The number of carboxylic acid groups (broad SMARTS) is 1. The Morgan fingerprint density at radius 2 is 2.11 bits per heavy atom. The van der Waals surface area contributed by atoms with Gasteiger partial charge in [0.05, 0.1) is 18.7 Å². The largest absolute Gasteiger partial charge is 0.481 e. The van der Waals surface area contributed by atoms with E-state index in [-0.39, 0.29) is 18.9 Å². The third kappa shape index (κ3) is 5.81. The lowest BCUT2D eigenvalue weighted by Gasteiger charge is -2.20. The minimum Gasteiger partial charge on any atom is -0.481 e. The van der Waals surface area contributed by atoms with Crippen LogP contribution in [0.4, 0.5) is 0 Å². The standard InChI is InChI=1S/C14H18N2O3/c1-11(2)9-13(17)16(8-6-14(18)19)10-12-5-3-4-7-15-12/h3-5,7,9H,6,8,10H2,1-2H3,(H,18,19). The first-order valence-corrected chi connectivity index (χ1v) is 6.04. The molecule has 0 atom stereocenters. The summed E-state index contributed by atoms with van der Waals surface area (Å²) in [6, 6.07) is 5.44. The molecule has 0 spiro atoms. The van der Waals surface area contributed by atoms with E-state index in [2.05, 4.69) is 4.98 Å². The summed E-state index contributed by atoms with van der Waals surface area (Å²) >= 11 is 0. The number of aromatic nitrogens is 1. The summed E-state index contributed by atoms with van der Waals surface area (Å²) in [7, 11) is 0. The lowest BCUT2D eigenvalue weighted by atomic mass is 10.2. The van der Waals surface area contributed by atoms with Gasteiger partial charge in [0, 0.05) is 18.8 Å². The summed E-state index contributed by atoms with van der Waals surface area (Å²) in [5.41, 5.74) is 1.62. The molecule has 5 heteroatoms. The predicted octanol–water partition coefficient (Wildman–Crippen LogP) is 1.85. The molecule has 102 valence electrons. The fourth-order valence-electron chi connectivity index (χ4n) is 1.52. The van der Waals surface area contributed by atoms with E-state index in [1.807, 2.05) is 26.0 Å². The first kappa shape index (κ1) is 14.9. The zero-order valence-corrected chi connectivity index (χ0v) is 11.2. The second kappa shape index (κ2) is 7.31. The molecule has 0 aliphatic carbocycles. The van der Waals surface area contributed by atoms with Crippen LogP contribution in [0.15, 0.2) is 36.0 Å². The van der Waals surface area contributed by atoms with Crippen molar-refractivity contribution in [3.05, 3.63) is 41.7 Å². The highest BCUT2D eigenvalue weighted by atomic mass is 16.4. The lowest BCUT2D eigenvalue weighted by Crippen LogP contribution is -2.31. The smallest absolute Gasteiger partial charge is 0.305 e. The molecular weight excluding hydrogens is 244 g/mol. The number of rotatable bonds is 6. The van der Waals surface area contributed by atoms with Gasteiger partial charge in [0.25, 0.3) is 0 Å². The van der Waals surface area contributed by atoms with Crippen molar-refractivity contribution in [2.24, 2.45) is 0 Å². The van der Waals surface area contributed by atoms with Crippen LogP contribution in [-0.2, 0) is 16.1 Å². The van der Waals surface area contributed by atoms with Gasteiger partial charge in [-0.1, -0.05) is 11.6 Å². The van der Waals surface area contributed by atoms with Gasteiger partial charge in [-0.25, -0.2) is 0 Å². The van der Waals surface area contributed by atoms with Gasteiger partial charge in [-0.05, 0) is 26.0 Å². The van der Waals surface area contributed by atoms with Crippen molar-refractivity contribution in [2.75, 3.05) is 6.54 Å². The van der Waals surface area contributed by atoms with E-state index >= 15 is 0 Å². The Bertz CT molecular complexity index is 465. The lowest BCUT2D eigenvalue weighted by molar-refractivity contribution is -0.138. The van der Waals surface area contributed by atoms with Crippen molar-refractivity contribution >= 4 is 11.9 Å².